The van der Waals surface area contributed by atoms with Crippen LogP contribution in [0.15, 0.2) is 63.6 Å². The third kappa shape index (κ3) is 4.24. The molecule has 2 aromatic carbocycles. The van der Waals surface area contributed by atoms with Crippen LogP contribution in [-0.4, -0.2) is 11.0 Å². The maximum atomic E-state index is 11.9. The van der Waals surface area contributed by atoms with Gasteiger partial charge in [0, 0.05) is 16.5 Å². The van der Waals surface area contributed by atoms with E-state index in [4.69, 9.17) is 20.8 Å². The van der Waals surface area contributed by atoms with Crippen molar-refractivity contribution in [3.8, 4) is 17.1 Å². The molecule has 0 aliphatic rings. The largest absolute Gasteiger partial charge is 0.441 e. The second kappa shape index (κ2) is 7.64. The number of rotatable bonds is 5. The predicted octanol–water partition coefficient (Wildman–Crippen LogP) is 5.30. The standard InChI is InChI=1S/C18H13BrClNO3/c19-13-6-7-15(14(20)10-13)24-18(22)9-8-17-21-11-16(23-17)12-4-2-1-3-5-12/h1-7,10-11H,8-9H2. The highest BCUT2D eigenvalue weighted by Gasteiger charge is 2.12. The number of halogens is 2. The summed E-state index contributed by atoms with van der Waals surface area (Å²) in [5.74, 6) is 1.11. The van der Waals surface area contributed by atoms with Crippen molar-refractivity contribution in [1.29, 1.82) is 0 Å². The zero-order chi connectivity index (χ0) is 16.9. The maximum absolute atomic E-state index is 11.9. The molecular formula is C18H13BrClNO3. The van der Waals surface area contributed by atoms with Gasteiger partial charge in [0.1, 0.15) is 5.75 Å². The summed E-state index contributed by atoms with van der Waals surface area (Å²) in [4.78, 5) is 16.1. The van der Waals surface area contributed by atoms with Gasteiger partial charge in [-0.1, -0.05) is 57.9 Å². The molecule has 3 rings (SSSR count). The van der Waals surface area contributed by atoms with Crippen molar-refractivity contribution in [2.75, 3.05) is 0 Å². The number of nitrogens with zero attached hydrogens (tertiary/aromatic N) is 1. The van der Waals surface area contributed by atoms with Gasteiger partial charge in [-0.3, -0.25) is 4.79 Å². The van der Waals surface area contributed by atoms with Gasteiger partial charge >= 0.3 is 5.97 Å². The summed E-state index contributed by atoms with van der Waals surface area (Å²) in [6, 6.07) is 14.7. The Morgan fingerprint density at radius 1 is 1.21 bits per heavy atom. The van der Waals surface area contributed by atoms with Crippen molar-refractivity contribution < 1.29 is 13.9 Å². The van der Waals surface area contributed by atoms with Gasteiger partial charge in [-0.15, -0.1) is 0 Å². The Labute approximate surface area is 152 Å². The van der Waals surface area contributed by atoms with E-state index in [1.807, 2.05) is 30.3 Å². The van der Waals surface area contributed by atoms with Gasteiger partial charge in [0.15, 0.2) is 11.7 Å². The van der Waals surface area contributed by atoms with Crippen LogP contribution in [0.5, 0.6) is 5.75 Å². The van der Waals surface area contributed by atoms with Crippen molar-refractivity contribution in [2.24, 2.45) is 0 Å². The highest BCUT2D eigenvalue weighted by atomic mass is 79.9. The Kier molecular flexibility index (Phi) is 5.33. The van der Waals surface area contributed by atoms with Crippen LogP contribution in [0, 0.1) is 0 Å². The molecule has 24 heavy (non-hydrogen) atoms. The summed E-state index contributed by atoms with van der Waals surface area (Å²) >= 11 is 9.32. The van der Waals surface area contributed by atoms with Crippen LogP contribution in [0.2, 0.25) is 5.02 Å². The number of ether oxygens (including phenoxy) is 1. The van der Waals surface area contributed by atoms with Crippen molar-refractivity contribution in [2.45, 2.75) is 12.8 Å². The number of benzene rings is 2. The summed E-state index contributed by atoms with van der Waals surface area (Å²) < 4.78 is 11.7. The van der Waals surface area contributed by atoms with Crippen LogP contribution in [0.4, 0.5) is 0 Å². The number of carbonyl (C=O) groups is 1. The van der Waals surface area contributed by atoms with Gasteiger partial charge in [0.05, 0.1) is 17.6 Å². The average Bonchev–Trinajstić information content (AvgIpc) is 3.05. The van der Waals surface area contributed by atoms with E-state index in [1.54, 1.807) is 24.4 Å². The lowest BCUT2D eigenvalue weighted by atomic mass is 10.2. The Morgan fingerprint density at radius 2 is 2.00 bits per heavy atom. The van der Waals surface area contributed by atoms with Crippen LogP contribution in [0.3, 0.4) is 0 Å². The number of aromatic nitrogens is 1. The topological polar surface area (TPSA) is 52.3 Å². The molecule has 0 atom stereocenters. The predicted molar refractivity (Wildman–Crippen MR) is 95.0 cm³/mol. The Bertz CT molecular complexity index is 848. The third-order valence-electron chi connectivity index (χ3n) is 3.27. The summed E-state index contributed by atoms with van der Waals surface area (Å²) in [7, 11) is 0. The molecule has 0 unspecified atom stereocenters. The molecule has 3 aromatic rings. The number of oxazole rings is 1. The SMILES string of the molecule is O=C(CCc1ncc(-c2ccccc2)o1)Oc1ccc(Br)cc1Cl. The summed E-state index contributed by atoms with van der Waals surface area (Å²) in [5.41, 5.74) is 0.945. The number of aryl methyl sites for hydroxylation is 1. The molecule has 0 N–H and O–H groups in total. The van der Waals surface area contributed by atoms with E-state index in [1.165, 1.54) is 0 Å². The Hall–Kier alpha value is -2.11. The molecule has 1 aromatic heterocycles. The van der Waals surface area contributed by atoms with Gasteiger partial charge in [-0.25, -0.2) is 4.98 Å². The van der Waals surface area contributed by atoms with Gasteiger partial charge < -0.3 is 9.15 Å². The molecule has 0 spiro atoms. The lowest BCUT2D eigenvalue weighted by molar-refractivity contribution is -0.134. The van der Waals surface area contributed by atoms with Crippen LogP contribution >= 0.6 is 27.5 Å². The molecule has 0 saturated heterocycles. The lowest BCUT2D eigenvalue weighted by Crippen LogP contribution is -2.09. The molecule has 0 aliphatic carbocycles. The number of esters is 1. The highest BCUT2D eigenvalue weighted by molar-refractivity contribution is 9.10. The zero-order valence-corrected chi connectivity index (χ0v) is 14.9. The fourth-order valence-electron chi connectivity index (χ4n) is 2.10. The quantitative estimate of drug-likeness (QED) is 0.426. The second-order valence-corrected chi connectivity index (χ2v) is 6.36. The molecule has 122 valence electrons. The monoisotopic (exact) mass is 405 g/mol. The highest BCUT2D eigenvalue weighted by Crippen LogP contribution is 2.28. The van der Waals surface area contributed by atoms with E-state index in [0.29, 0.717) is 28.8 Å². The molecule has 0 amide bonds. The van der Waals surface area contributed by atoms with E-state index in [-0.39, 0.29) is 6.42 Å². The van der Waals surface area contributed by atoms with E-state index >= 15 is 0 Å². The molecule has 0 saturated carbocycles. The molecule has 4 nitrogen and oxygen atoms in total. The summed E-state index contributed by atoms with van der Waals surface area (Å²) in [6.07, 6.45) is 2.17. The second-order valence-electron chi connectivity index (χ2n) is 5.03. The fraction of sp³-hybridized carbons (Fsp3) is 0.111. The molecule has 0 aliphatic heterocycles. The molecule has 1 heterocycles. The van der Waals surface area contributed by atoms with Crippen LogP contribution < -0.4 is 4.74 Å². The van der Waals surface area contributed by atoms with Crippen LogP contribution in [-0.2, 0) is 11.2 Å². The Balaban J connectivity index is 1.58. The van der Waals surface area contributed by atoms with Gasteiger partial charge in [0.2, 0.25) is 0 Å². The fourth-order valence-corrected chi connectivity index (χ4v) is 2.81. The van der Waals surface area contributed by atoms with Gasteiger partial charge in [-0.2, -0.15) is 0 Å². The molecule has 0 radical (unpaired) electrons. The molecule has 0 bridgehead atoms. The first-order valence-electron chi connectivity index (χ1n) is 7.27. The number of carbonyl (C=O) groups excluding carboxylic acids is 1. The first kappa shape index (κ1) is 16.7. The maximum Gasteiger partial charge on any atom is 0.311 e. The van der Waals surface area contributed by atoms with Gasteiger partial charge in [-0.05, 0) is 18.2 Å². The zero-order valence-electron chi connectivity index (χ0n) is 12.5. The summed E-state index contributed by atoms with van der Waals surface area (Å²) in [5, 5.41) is 0.375. The minimum atomic E-state index is -0.390. The number of hydrogen-bond acceptors (Lipinski definition) is 4. The smallest absolute Gasteiger partial charge is 0.311 e. The molecule has 0 fully saturated rings. The Morgan fingerprint density at radius 3 is 2.75 bits per heavy atom. The van der Waals surface area contributed by atoms with E-state index < -0.39 is 5.97 Å². The molecular weight excluding hydrogens is 394 g/mol. The minimum Gasteiger partial charge on any atom is -0.441 e. The molecule has 6 heteroatoms. The summed E-state index contributed by atoms with van der Waals surface area (Å²) in [6.45, 7) is 0. The third-order valence-corrected chi connectivity index (χ3v) is 4.06. The average molecular weight is 407 g/mol. The number of hydrogen-bond donors (Lipinski definition) is 0. The minimum absolute atomic E-state index is 0.154. The van der Waals surface area contributed by atoms with Crippen molar-refractivity contribution in [1.82, 2.24) is 4.98 Å². The first-order chi connectivity index (χ1) is 11.6. The van der Waals surface area contributed by atoms with Crippen molar-refractivity contribution >= 4 is 33.5 Å². The van der Waals surface area contributed by atoms with Crippen molar-refractivity contribution in [3.63, 3.8) is 0 Å². The van der Waals surface area contributed by atoms with Gasteiger partial charge in [0.25, 0.3) is 0 Å². The van der Waals surface area contributed by atoms with Crippen LogP contribution in [0.25, 0.3) is 11.3 Å². The van der Waals surface area contributed by atoms with E-state index in [2.05, 4.69) is 20.9 Å². The van der Waals surface area contributed by atoms with Crippen molar-refractivity contribution in [3.05, 3.63) is 70.1 Å². The van der Waals surface area contributed by atoms with E-state index in [9.17, 15) is 4.79 Å². The van der Waals surface area contributed by atoms with E-state index in [0.717, 1.165) is 10.0 Å². The first-order valence-corrected chi connectivity index (χ1v) is 8.45. The lowest BCUT2D eigenvalue weighted by Gasteiger charge is -2.05. The normalized spacial score (nSPS) is 10.6. The van der Waals surface area contributed by atoms with Crippen LogP contribution in [0.1, 0.15) is 12.3 Å².